The number of hydrogen-bond donors (Lipinski definition) is 0. The van der Waals surface area contributed by atoms with Gasteiger partial charge in [0.15, 0.2) is 0 Å². The third-order valence-corrected chi connectivity index (χ3v) is 3.98. The van der Waals surface area contributed by atoms with E-state index in [1.807, 2.05) is 81.7 Å². The van der Waals surface area contributed by atoms with Gasteiger partial charge in [-0.2, -0.15) is 0 Å². The van der Waals surface area contributed by atoms with Gasteiger partial charge >= 0.3 is 0 Å². The molecule has 128 valence electrons. The molecule has 4 heteroatoms. The number of hydrogen-bond acceptors (Lipinski definition) is 2. The smallest absolute Gasteiger partial charge is 0.254 e. The predicted octanol–water partition coefficient (Wildman–Crippen LogP) is 3.43. The molecule has 1 aliphatic heterocycles. The second-order valence-corrected chi connectivity index (χ2v) is 6.17. The molecule has 2 unspecified atom stereocenters. The van der Waals surface area contributed by atoms with Gasteiger partial charge in [-0.05, 0) is 26.0 Å². The maximum absolute atomic E-state index is 12.7. The monoisotopic (exact) mass is 318 g/mol. The summed E-state index contributed by atoms with van der Waals surface area (Å²) in [4.78, 5) is 28.6. The normalized spacial score (nSPS) is 20.8. The van der Waals surface area contributed by atoms with Crippen LogP contribution < -0.4 is 0 Å². The molecule has 23 heavy (non-hydrogen) atoms. The van der Waals surface area contributed by atoms with Crippen molar-refractivity contribution in [2.45, 2.75) is 53.6 Å². The molecule has 2 rings (SSSR count). The Morgan fingerprint density at radius 2 is 1.48 bits per heavy atom. The first-order chi connectivity index (χ1) is 10.9. The topological polar surface area (TPSA) is 40.6 Å². The maximum atomic E-state index is 12.7. The van der Waals surface area contributed by atoms with Gasteiger partial charge in [-0.25, -0.2) is 0 Å². The van der Waals surface area contributed by atoms with Gasteiger partial charge in [-0.3, -0.25) is 9.59 Å². The van der Waals surface area contributed by atoms with Crippen LogP contribution in [0.1, 0.15) is 51.9 Å². The zero-order valence-electron chi connectivity index (χ0n) is 15.2. The van der Waals surface area contributed by atoms with E-state index in [0.717, 1.165) is 0 Å². The van der Waals surface area contributed by atoms with Gasteiger partial charge in [0.05, 0.1) is 0 Å². The molecule has 1 heterocycles. The lowest BCUT2D eigenvalue weighted by Gasteiger charge is -2.45. The predicted molar refractivity (Wildman–Crippen MR) is 94.3 cm³/mol. The first-order valence-corrected chi connectivity index (χ1v) is 8.58. The van der Waals surface area contributed by atoms with Crippen molar-refractivity contribution in [3.8, 4) is 0 Å². The molecule has 0 radical (unpaired) electrons. The van der Waals surface area contributed by atoms with Crippen molar-refractivity contribution < 1.29 is 9.59 Å². The molecule has 1 fully saturated rings. The Morgan fingerprint density at radius 3 is 1.91 bits per heavy atom. The van der Waals surface area contributed by atoms with Gasteiger partial charge < -0.3 is 9.80 Å². The van der Waals surface area contributed by atoms with Crippen molar-refractivity contribution >= 4 is 11.8 Å². The van der Waals surface area contributed by atoms with Crippen LogP contribution in [0.2, 0.25) is 0 Å². The van der Waals surface area contributed by atoms with E-state index in [9.17, 15) is 9.59 Å². The molecule has 1 saturated heterocycles. The molecule has 0 aliphatic carbocycles. The summed E-state index contributed by atoms with van der Waals surface area (Å²) in [5.74, 6) is 0.216. The molecular formula is C19H30N2O2. The second kappa shape index (κ2) is 8.70. The standard InChI is InChI=1S/C17H24N2O2.C2H6/c1-12(2)16(20)18-10-13(3)19(14(4)11-18)17(21)15-8-6-5-7-9-15;1-2/h5-9,12-14H,10-11H2,1-4H3;1-2H3. The van der Waals surface area contributed by atoms with E-state index in [0.29, 0.717) is 18.7 Å². The molecule has 4 nitrogen and oxygen atoms in total. The third-order valence-electron chi connectivity index (χ3n) is 3.98. The fourth-order valence-corrected chi connectivity index (χ4v) is 3.00. The minimum Gasteiger partial charge on any atom is -0.338 e. The van der Waals surface area contributed by atoms with E-state index < -0.39 is 0 Å². The summed E-state index contributed by atoms with van der Waals surface area (Å²) in [5.41, 5.74) is 0.708. The molecule has 2 atom stereocenters. The molecular weight excluding hydrogens is 288 g/mol. The minimum atomic E-state index is 0.000717. The molecule has 1 aliphatic rings. The van der Waals surface area contributed by atoms with Gasteiger partial charge in [0.1, 0.15) is 0 Å². The number of carbonyl (C=O) groups excluding carboxylic acids is 2. The highest BCUT2D eigenvalue weighted by Crippen LogP contribution is 2.20. The molecule has 1 aromatic rings. The van der Waals surface area contributed by atoms with Crippen molar-refractivity contribution in [2.75, 3.05) is 13.1 Å². The van der Waals surface area contributed by atoms with E-state index in [4.69, 9.17) is 0 Å². The highest BCUT2D eigenvalue weighted by atomic mass is 16.2. The van der Waals surface area contributed by atoms with Gasteiger partial charge in [0.2, 0.25) is 5.91 Å². The zero-order valence-corrected chi connectivity index (χ0v) is 15.2. The Balaban J connectivity index is 0.00000127. The summed E-state index contributed by atoms with van der Waals surface area (Å²) in [7, 11) is 0. The zero-order chi connectivity index (χ0) is 17.6. The van der Waals surface area contributed by atoms with E-state index in [2.05, 4.69) is 0 Å². The quantitative estimate of drug-likeness (QED) is 0.838. The first kappa shape index (κ1) is 19.2. The molecule has 0 saturated carbocycles. The Labute approximate surface area is 140 Å². The van der Waals surface area contributed by atoms with Crippen LogP contribution in [0.4, 0.5) is 0 Å². The number of rotatable bonds is 2. The summed E-state index contributed by atoms with van der Waals surface area (Å²) in [5, 5.41) is 0. The maximum Gasteiger partial charge on any atom is 0.254 e. The third kappa shape index (κ3) is 4.57. The SMILES string of the molecule is CC.CC(C)C(=O)N1CC(C)N(C(=O)c2ccccc2)C(C)C1. The lowest BCUT2D eigenvalue weighted by molar-refractivity contribution is -0.138. The Kier molecular flexibility index (Phi) is 7.27. The summed E-state index contributed by atoms with van der Waals surface area (Å²) in [6.07, 6.45) is 0. The van der Waals surface area contributed by atoms with Crippen molar-refractivity contribution in [1.29, 1.82) is 0 Å². The summed E-state index contributed by atoms with van der Waals surface area (Å²) >= 11 is 0. The van der Waals surface area contributed by atoms with Gasteiger partial charge in [-0.15, -0.1) is 0 Å². The number of nitrogens with zero attached hydrogens (tertiary/aromatic N) is 2. The molecule has 2 amide bonds. The summed E-state index contributed by atoms with van der Waals surface area (Å²) < 4.78 is 0. The average Bonchev–Trinajstić information content (AvgIpc) is 2.55. The first-order valence-electron chi connectivity index (χ1n) is 8.58. The Hall–Kier alpha value is -1.84. The van der Waals surface area contributed by atoms with E-state index >= 15 is 0 Å². The number of piperazine rings is 1. The van der Waals surface area contributed by atoms with Gasteiger partial charge in [-0.1, -0.05) is 45.9 Å². The van der Waals surface area contributed by atoms with Crippen molar-refractivity contribution in [3.63, 3.8) is 0 Å². The van der Waals surface area contributed by atoms with Gasteiger partial charge in [0.25, 0.3) is 5.91 Å². The van der Waals surface area contributed by atoms with Crippen LogP contribution in [-0.2, 0) is 4.79 Å². The van der Waals surface area contributed by atoms with Crippen LogP contribution in [0.15, 0.2) is 30.3 Å². The summed E-state index contributed by atoms with van der Waals surface area (Å²) in [6.45, 7) is 13.1. The molecule has 1 aromatic carbocycles. The molecule has 0 aromatic heterocycles. The Bertz CT molecular complexity index is 501. The van der Waals surface area contributed by atoms with E-state index in [-0.39, 0.29) is 29.8 Å². The van der Waals surface area contributed by atoms with Crippen molar-refractivity contribution in [3.05, 3.63) is 35.9 Å². The van der Waals surface area contributed by atoms with Crippen molar-refractivity contribution in [2.24, 2.45) is 5.92 Å². The minimum absolute atomic E-state index is 0.000717. The average molecular weight is 318 g/mol. The second-order valence-electron chi connectivity index (χ2n) is 6.17. The molecule has 0 bridgehead atoms. The fourth-order valence-electron chi connectivity index (χ4n) is 3.00. The van der Waals surface area contributed by atoms with Crippen LogP contribution in [0.5, 0.6) is 0 Å². The lowest BCUT2D eigenvalue weighted by Crippen LogP contribution is -2.60. The molecule has 0 N–H and O–H groups in total. The van der Waals surface area contributed by atoms with Crippen molar-refractivity contribution in [1.82, 2.24) is 9.80 Å². The Morgan fingerprint density at radius 1 is 1.00 bits per heavy atom. The lowest BCUT2D eigenvalue weighted by atomic mass is 10.0. The largest absolute Gasteiger partial charge is 0.338 e. The highest BCUT2D eigenvalue weighted by Gasteiger charge is 2.35. The summed E-state index contributed by atoms with van der Waals surface area (Å²) in [6, 6.07) is 9.40. The highest BCUT2D eigenvalue weighted by molar-refractivity contribution is 5.94. The number of benzene rings is 1. The number of carbonyl (C=O) groups is 2. The van der Waals surface area contributed by atoms with Gasteiger partial charge in [0, 0.05) is 36.7 Å². The number of amides is 2. The van der Waals surface area contributed by atoms with Crippen LogP contribution >= 0.6 is 0 Å². The van der Waals surface area contributed by atoms with Crippen LogP contribution in [0, 0.1) is 5.92 Å². The van der Waals surface area contributed by atoms with Crippen LogP contribution in [0.3, 0.4) is 0 Å². The fraction of sp³-hybridized carbons (Fsp3) is 0.579. The van der Waals surface area contributed by atoms with E-state index in [1.165, 1.54) is 0 Å². The van der Waals surface area contributed by atoms with Crippen LogP contribution in [-0.4, -0.2) is 46.8 Å². The molecule has 0 spiro atoms. The van der Waals surface area contributed by atoms with Crippen LogP contribution in [0.25, 0.3) is 0 Å². The van der Waals surface area contributed by atoms with E-state index in [1.54, 1.807) is 0 Å².